The maximum atomic E-state index is 11.7. The molecular weight excluding hydrogens is 282 g/mol. The van der Waals surface area contributed by atoms with Gasteiger partial charge in [0, 0.05) is 20.0 Å². The molecule has 1 aromatic carbocycles. The molecule has 1 aromatic heterocycles. The molecule has 21 heavy (non-hydrogen) atoms. The number of aryl methyl sites for hydroxylation is 1. The molecule has 4 nitrogen and oxygen atoms in total. The van der Waals surface area contributed by atoms with Crippen molar-refractivity contribution in [3.63, 3.8) is 0 Å². The molecule has 0 radical (unpaired) electrons. The van der Waals surface area contributed by atoms with Gasteiger partial charge < -0.3 is 9.88 Å². The average Bonchev–Trinajstić information content (AvgIpc) is 3.25. The summed E-state index contributed by atoms with van der Waals surface area (Å²) in [5.74, 6) is 3.75. The number of fused-ring (bicyclic) bond motifs is 1. The molecule has 1 fully saturated rings. The molecule has 0 bridgehead atoms. The van der Waals surface area contributed by atoms with Crippen molar-refractivity contribution >= 4 is 28.7 Å². The summed E-state index contributed by atoms with van der Waals surface area (Å²) in [5, 5.41) is 2.98. The molecule has 1 heterocycles. The van der Waals surface area contributed by atoms with Crippen LogP contribution in [0.4, 0.5) is 0 Å². The molecule has 0 aliphatic heterocycles. The minimum absolute atomic E-state index is 0.138. The normalized spacial score (nSPS) is 14.5. The lowest BCUT2D eigenvalue weighted by Crippen LogP contribution is -2.28. The highest BCUT2D eigenvalue weighted by Gasteiger charge is 2.21. The molecule has 1 aliphatic rings. The number of nitrogens with one attached hydrogen (secondary N) is 1. The number of hydrogen-bond donors (Lipinski definition) is 1. The summed E-state index contributed by atoms with van der Waals surface area (Å²) in [6.07, 6.45) is 3.47. The van der Waals surface area contributed by atoms with Crippen molar-refractivity contribution in [2.75, 3.05) is 18.1 Å². The predicted molar refractivity (Wildman–Crippen MR) is 87.5 cm³/mol. The summed E-state index contributed by atoms with van der Waals surface area (Å²) in [6, 6.07) is 8.11. The van der Waals surface area contributed by atoms with Crippen LogP contribution < -0.4 is 5.32 Å². The standard InChI is InChI=1S/C16H21N3OS/c1-19-14-5-3-2-4-13(14)18-15(19)8-9-17-16(20)11-21-10-12-6-7-12/h2-5,12H,6-11H2,1H3,(H,17,20). The molecule has 112 valence electrons. The number of amides is 1. The van der Waals surface area contributed by atoms with Crippen LogP contribution in [0, 0.1) is 5.92 Å². The summed E-state index contributed by atoms with van der Waals surface area (Å²) < 4.78 is 2.10. The van der Waals surface area contributed by atoms with Crippen molar-refractivity contribution in [1.82, 2.24) is 14.9 Å². The summed E-state index contributed by atoms with van der Waals surface area (Å²) in [6.45, 7) is 0.653. The third-order valence-electron chi connectivity index (χ3n) is 3.83. The molecule has 2 aromatic rings. The van der Waals surface area contributed by atoms with E-state index >= 15 is 0 Å². The van der Waals surface area contributed by atoms with Gasteiger partial charge in [-0.2, -0.15) is 11.8 Å². The van der Waals surface area contributed by atoms with Crippen LogP contribution in [0.3, 0.4) is 0 Å². The lowest BCUT2D eigenvalue weighted by molar-refractivity contribution is -0.118. The molecule has 0 atom stereocenters. The Bertz CT molecular complexity index is 633. The van der Waals surface area contributed by atoms with Crippen molar-refractivity contribution in [2.24, 2.45) is 13.0 Å². The number of thioether (sulfide) groups is 1. The second kappa shape index (κ2) is 6.52. The van der Waals surface area contributed by atoms with Crippen molar-refractivity contribution in [2.45, 2.75) is 19.3 Å². The minimum atomic E-state index is 0.138. The number of imidazole rings is 1. The monoisotopic (exact) mass is 303 g/mol. The SMILES string of the molecule is Cn1c(CCNC(=O)CSCC2CC2)nc2ccccc21. The van der Waals surface area contributed by atoms with E-state index < -0.39 is 0 Å². The van der Waals surface area contributed by atoms with Crippen LogP contribution in [0.25, 0.3) is 11.0 Å². The van der Waals surface area contributed by atoms with Crippen LogP contribution in [0.15, 0.2) is 24.3 Å². The third kappa shape index (κ3) is 3.79. The van der Waals surface area contributed by atoms with E-state index in [0.29, 0.717) is 12.3 Å². The van der Waals surface area contributed by atoms with Gasteiger partial charge in [-0.05, 0) is 36.6 Å². The number of hydrogen-bond acceptors (Lipinski definition) is 3. The number of rotatable bonds is 7. The topological polar surface area (TPSA) is 46.9 Å². The quantitative estimate of drug-likeness (QED) is 0.854. The van der Waals surface area contributed by atoms with E-state index in [0.717, 1.165) is 34.9 Å². The van der Waals surface area contributed by atoms with E-state index in [1.165, 1.54) is 12.8 Å². The van der Waals surface area contributed by atoms with Crippen LogP contribution in [0.1, 0.15) is 18.7 Å². The van der Waals surface area contributed by atoms with Crippen molar-refractivity contribution < 1.29 is 4.79 Å². The van der Waals surface area contributed by atoms with Gasteiger partial charge in [-0.25, -0.2) is 4.98 Å². The fourth-order valence-electron chi connectivity index (χ4n) is 2.39. The van der Waals surface area contributed by atoms with Crippen LogP contribution in [-0.2, 0) is 18.3 Å². The first-order valence-corrected chi connectivity index (χ1v) is 8.64. The summed E-state index contributed by atoms with van der Waals surface area (Å²) >= 11 is 1.75. The summed E-state index contributed by atoms with van der Waals surface area (Å²) in [5.41, 5.74) is 2.15. The first kappa shape index (κ1) is 14.4. The molecule has 0 spiro atoms. The van der Waals surface area contributed by atoms with Crippen LogP contribution in [0.2, 0.25) is 0 Å². The molecule has 1 aliphatic carbocycles. The maximum Gasteiger partial charge on any atom is 0.230 e. The van der Waals surface area contributed by atoms with Gasteiger partial charge >= 0.3 is 0 Å². The van der Waals surface area contributed by atoms with Gasteiger partial charge in [-0.15, -0.1) is 0 Å². The zero-order valence-electron chi connectivity index (χ0n) is 12.3. The van der Waals surface area contributed by atoms with Gasteiger partial charge in [-0.1, -0.05) is 12.1 Å². The highest BCUT2D eigenvalue weighted by atomic mass is 32.2. The highest BCUT2D eigenvalue weighted by molar-refractivity contribution is 7.99. The van der Waals surface area contributed by atoms with Crippen molar-refractivity contribution in [3.05, 3.63) is 30.1 Å². The van der Waals surface area contributed by atoms with E-state index in [1.54, 1.807) is 11.8 Å². The maximum absolute atomic E-state index is 11.7. The van der Waals surface area contributed by atoms with Crippen LogP contribution in [0.5, 0.6) is 0 Å². The number of carbonyl (C=O) groups is 1. The smallest absolute Gasteiger partial charge is 0.230 e. The minimum Gasteiger partial charge on any atom is -0.355 e. The summed E-state index contributed by atoms with van der Waals surface area (Å²) in [7, 11) is 2.03. The predicted octanol–water partition coefficient (Wildman–Crippen LogP) is 2.38. The fourth-order valence-corrected chi connectivity index (χ4v) is 3.46. The van der Waals surface area contributed by atoms with Crippen molar-refractivity contribution in [1.29, 1.82) is 0 Å². The Balaban J connectivity index is 1.45. The van der Waals surface area contributed by atoms with Crippen LogP contribution in [-0.4, -0.2) is 33.5 Å². The molecule has 1 saturated carbocycles. The highest BCUT2D eigenvalue weighted by Crippen LogP contribution is 2.32. The van der Waals surface area contributed by atoms with Gasteiger partial charge in [0.2, 0.25) is 5.91 Å². The van der Waals surface area contributed by atoms with E-state index in [-0.39, 0.29) is 5.91 Å². The zero-order chi connectivity index (χ0) is 14.7. The molecule has 5 heteroatoms. The Hall–Kier alpha value is -1.49. The van der Waals surface area contributed by atoms with Gasteiger partial charge in [0.1, 0.15) is 5.82 Å². The molecule has 0 unspecified atom stereocenters. The average molecular weight is 303 g/mol. The van der Waals surface area contributed by atoms with Crippen molar-refractivity contribution in [3.8, 4) is 0 Å². The number of carbonyl (C=O) groups excluding carboxylic acids is 1. The van der Waals surface area contributed by atoms with Crippen LogP contribution >= 0.6 is 11.8 Å². The summed E-state index contributed by atoms with van der Waals surface area (Å²) in [4.78, 5) is 16.3. The Morgan fingerprint density at radius 3 is 3.00 bits per heavy atom. The van der Waals surface area contributed by atoms with E-state index in [9.17, 15) is 4.79 Å². The second-order valence-corrected chi connectivity index (χ2v) is 6.66. The lowest BCUT2D eigenvalue weighted by Gasteiger charge is -2.05. The van der Waals surface area contributed by atoms with Gasteiger partial charge in [0.15, 0.2) is 0 Å². The second-order valence-electron chi connectivity index (χ2n) is 5.63. The first-order valence-electron chi connectivity index (χ1n) is 7.49. The molecule has 1 amide bonds. The third-order valence-corrected chi connectivity index (χ3v) is 5.01. The Morgan fingerprint density at radius 1 is 1.43 bits per heavy atom. The molecule has 0 saturated heterocycles. The largest absolute Gasteiger partial charge is 0.355 e. The van der Waals surface area contributed by atoms with E-state index in [1.807, 2.05) is 25.2 Å². The number of nitrogens with zero attached hydrogens (tertiary/aromatic N) is 2. The lowest BCUT2D eigenvalue weighted by atomic mass is 10.3. The number of para-hydroxylation sites is 2. The Labute approximate surface area is 129 Å². The van der Waals surface area contributed by atoms with Gasteiger partial charge in [0.25, 0.3) is 0 Å². The van der Waals surface area contributed by atoms with Gasteiger partial charge in [-0.3, -0.25) is 4.79 Å². The molecule has 3 rings (SSSR count). The Morgan fingerprint density at radius 2 is 2.24 bits per heavy atom. The van der Waals surface area contributed by atoms with E-state index in [4.69, 9.17) is 0 Å². The number of aromatic nitrogens is 2. The number of benzene rings is 1. The van der Waals surface area contributed by atoms with Gasteiger partial charge in [0.05, 0.1) is 16.8 Å². The Kier molecular flexibility index (Phi) is 4.48. The molecular formula is C16H21N3OS. The first-order chi connectivity index (χ1) is 10.2. The van der Waals surface area contributed by atoms with E-state index in [2.05, 4.69) is 20.9 Å². The fraction of sp³-hybridized carbons (Fsp3) is 0.500. The molecule has 1 N–H and O–H groups in total. The zero-order valence-corrected chi connectivity index (χ0v) is 13.2.